The molecule has 0 N–H and O–H groups in total. The van der Waals surface area contributed by atoms with Gasteiger partial charge in [0.05, 0.1) is 0 Å². The van der Waals surface area contributed by atoms with Gasteiger partial charge in [0.25, 0.3) is 5.95 Å². The van der Waals surface area contributed by atoms with Crippen LogP contribution in [0.25, 0.3) is 0 Å². The van der Waals surface area contributed by atoms with Gasteiger partial charge in [0, 0.05) is 7.05 Å². The fourth-order valence-corrected chi connectivity index (χ4v) is 0.321. The Morgan fingerprint density at radius 1 is 1.86 bits per heavy atom. The smallest absolute Gasteiger partial charge is 0.185 e. The van der Waals surface area contributed by atoms with Crippen LogP contribution in [0.3, 0.4) is 0 Å². The molecule has 1 aromatic rings. The Kier molecular flexibility index (Phi) is 0.780. The van der Waals surface area contributed by atoms with E-state index >= 15 is 0 Å². The van der Waals surface area contributed by atoms with Crippen LogP contribution in [0.15, 0.2) is 6.20 Å². The summed E-state index contributed by atoms with van der Waals surface area (Å²) in [7, 11) is 1.56. The molecule has 0 aliphatic rings. The van der Waals surface area contributed by atoms with Crippen molar-refractivity contribution >= 4 is 0 Å². The minimum absolute atomic E-state index is 0.539. The van der Waals surface area contributed by atoms with Gasteiger partial charge in [-0.3, -0.25) is 0 Å². The Balaban J connectivity index is 3.04. The van der Waals surface area contributed by atoms with Crippen LogP contribution in [0.4, 0.5) is 4.39 Å². The Morgan fingerprint density at radius 3 is 2.71 bits per heavy atom. The van der Waals surface area contributed by atoms with Gasteiger partial charge in [0.15, 0.2) is 0 Å². The minimum atomic E-state index is -0.539. The highest BCUT2D eigenvalue weighted by Crippen LogP contribution is 1.81. The Bertz CT molecular complexity index is 142. The lowest BCUT2D eigenvalue weighted by Crippen LogP contribution is -1.91. The van der Waals surface area contributed by atoms with Crippen molar-refractivity contribution in [1.29, 1.82) is 0 Å². The van der Waals surface area contributed by atoms with E-state index in [0.29, 0.717) is 0 Å². The minimum Gasteiger partial charge on any atom is -0.185 e. The third-order valence-corrected chi connectivity index (χ3v) is 0.572. The summed E-state index contributed by atoms with van der Waals surface area (Å²) in [6.07, 6.45) is 1.06. The number of aromatic nitrogens is 3. The van der Waals surface area contributed by atoms with Gasteiger partial charge < -0.3 is 0 Å². The standard InChI is InChI=1S/C3H4FN3/c1-7-5-2-3(4)6-7/h2H,1H3. The number of hydrogen-bond donors (Lipinski definition) is 0. The van der Waals surface area contributed by atoms with Gasteiger partial charge in [-0.2, -0.15) is 14.3 Å². The highest BCUT2D eigenvalue weighted by Gasteiger charge is 1.88. The molecule has 0 spiro atoms. The molecule has 1 rings (SSSR count). The van der Waals surface area contributed by atoms with Crippen LogP contribution in [0.2, 0.25) is 0 Å². The molecule has 0 fully saturated rings. The van der Waals surface area contributed by atoms with Crippen molar-refractivity contribution in [2.45, 2.75) is 0 Å². The predicted octanol–water partition coefficient (Wildman–Crippen LogP) is -0.0458. The van der Waals surface area contributed by atoms with Crippen LogP contribution in [-0.4, -0.2) is 15.0 Å². The number of halogens is 1. The monoisotopic (exact) mass is 101 g/mol. The van der Waals surface area contributed by atoms with E-state index in [0.717, 1.165) is 11.0 Å². The van der Waals surface area contributed by atoms with E-state index < -0.39 is 5.95 Å². The first-order valence-electron chi connectivity index (χ1n) is 1.81. The van der Waals surface area contributed by atoms with Gasteiger partial charge in [0.2, 0.25) is 0 Å². The van der Waals surface area contributed by atoms with Crippen molar-refractivity contribution in [2.75, 3.05) is 0 Å². The van der Waals surface area contributed by atoms with Crippen molar-refractivity contribution in [2.24, 2.45) is 7.05 Å². The zero-order chi connectivity index (χ0) is 5.28. The molecule has 0 saturated heterocycles. The Hall–Kier alpha value is -0.930. The molecule has 0 radical (unpaired) electrons. The number of nitrogens with zero attached hydrogens (tertiary/aromatic N) is 3. The van der Waals surface area contributed by atoms with Crippen molar-refractivity contribution in [3.63, 3.8) is 0 Å². The number of aryl methyl sites for hydroxylation is 1. The Morgan fingerprint density at radius 2 is 2.57 bits per heavy atom. The fraction of sp³-hybridized carbons (Fsp3) is 0.333. The van der Waals surface area contributed by atoms with Crippen LogP contribution < -0.4 is 0 Å². The maximum atomic E-state index is 11.7. The molecule has 0 aromatic carbocycles. The van der Waals surface area contributed by atoms with Gasteiger partial charge >= 0.3 is 0 Å². The maximum Gasteiger partial charge on any atom is 0.252 e. The molecule has 7 heavy (non-hydrogen) atoms. The van der Waals surface area contributed by atoms with E-state index in [9.17, 15) is 4.39 Å². The molecule has 0 aliphatic carbocycles. The topological polar surface area (TPSA) is 30.7 Å². The molecule has 0 atom stereocenters. The Labute approximate surface area is 39.8 Å². The van der Waals surface area contributed by atoms with Crippen LogP contribution in [-0.2, 0) is 7.05 Å². The molecule has 1 aromatic heterocycles. The lowest BCUT2D eigenvalue weighted by atomic mass is 10.9. The molecule has 4 heteroatoms. The first-order valence-corrected chi connectivity index (χ1v) is 1.81. The average molecular weight is 101 g/mol. The van der Waals surface area contributed by atoms with Crippen molar-refractivity contribution in [1.82, 2.24) is 15.0 Å². The summed E-state index contributed by atoms with van der Waals surface area (Å²) in [5, 5.41) is 6.70. The predicted molar refractivity (Wildman–Crippen MR) is 21.0 cm³/mol. The molecule has 0 amide bonds. The second-order valence-electron chi connectivity index (χ2n) is 1.16. The largest absolute Gasteiger partial charge is 0.252 e. The third kappa shape index (κ3) is 0.734. The van der Waals surface area contributed by atoms with E-state index in [1.165, 1.54) is 0 Å². The average Bonchev–Trinajstić information content (AvgIpc) is 1.87. The molecule has 0 bridgehead atoms. The normalized spacial score (nSPS) is 9.43. The van der Waals surface area contributed by atoms with Crippen LogP contribution in [0, 0.1) is 5.95 Å². The molecule has 1 heterocycles. The van der Waals surface area contributed by atoms with Gasteiger partial charge in [0.1, 0.15) is 6.20 Å². The van der Waals surface area contributed by atoms with Crippen LogP contribution in [0.5, 0.6) is 0 Å². The molecule has 0 saturated carbocycles. The quantitative estimate of drug-likeness (QED) is 0.459. The highest BCUT2D eigenvalue weighted by atomic mass is 19.1. The summed E-state index contributed by atoms with van der Waals surface area (Å²) < 4.78 is 11.7. The van der Waals surface area contributed by atoms with E-state index in [-0.39, 0.29) is 0 Å². The number of rotatable bonds is 0. The summed E-state index contributed by atoms with van der Waals surface area (Å²) in [4.78, 5) is 1.16. The molecular weight excluding hydrogens is 97.1 g/mol. The van der Waals surface area contributed by atoms with Gasteiger partial charge in [-0.1, -0.05) is 0 Å². The summed E-state index contributed by atoms with van der Waals surface area (Å²) >= 11 is 0. The van der Waals surface area contributed by atoms with E-state index in [4.69, 9.17) is 0 Å². The summed E-state index contributed by atoms with van der Waals surface area (Å²) in [6, 6.07) is 0. The van der Waals surface area contributed by atoms with Crippen LogP contribution >= 0.6 is 0 Å². The first-order chi connectivity index (χ1) is 3.29. The van der Waals surface area contributed by atoms with E-state index in [1.54, 1.807) is 7.05 Å². The van der Waals surface area contributed by atoms with E-state index in [2.05, 4.69) is 10.2 Å². The molecule has 0 unspecified atom stereocenters. The van der Waals surface area contributed by atoms with Gasteiger partial charge in [-0.25, -0.2) is 0 Å². The van der Waals surface area contributed by atoms with Gasteiger partial charge in [-0.05, 0) is 0 Å². The lowest BCUT2D eigenvalue weighted by Gasteiger charge is -1.75. The second kappa shape index (κ2) is 1.29. The lowest BCUT2D eigenvalue weighted by molar-refractivity contribution is 0.542. The van der Waals surface area contributed by atoms with Gasteiger partial charge in [-0.15, -0.1) is 5.10 Å². The SMILES string of the molecule is Cn1ncc(F)n1. The zero-order valence-electron chi connectivity index (χ0n) is 3.80. The second-order valence-corrected chi connectivity index (χ2v) is 1.16. The van der Waals surface area contributed by atoms with Crippen molar-refractivity contribution in [3.05, 3.63) is 12.1 Å². The summed E-state index contributed by atoms with van der Waals surface area (Å²) in [5.41, 5.74) is 0. The maximum absolute atomic E-state index is 11.7. The zero-order valence-corrected chi connectivity index (χ0v) is 3.80. The summed E-state index contributed by atoms with van der Waals surface area (Å²) in [6.45, 7) is 0. The summed E-state index contributed by atoms with van der Waals surface area (Å²) in [5.74, 6) is -0.539. The van der Waals surface area contributed by atoms with Crippen molar-refractivity contribution < 1.29 is 4.39 Å². The molecular formula is C3H4FN3. The highest BCUT2D eigenvalue weighted by molar-refractivity contribution is 4.65. The molecule has 38 valence electrons. The van der Waals surface area contributed by atoms with Crippen molar-refractivity contribution in [3.8, 4) is 0 Å². The fourth-order valence-electron chi connectivity index (χ4n) is 0.321. The molecule has 3 nitrogen and oxygen atoms in total. The van der Waals surface area contributed by atoms with Crippen LogP contribution in [0.1, 0.15) is 0 Å². The molecule has 0 aliphatic heterocycles. The van der Waals surface area contributed by atoms with E-state index in [1.807, 2.05) is 0 Å². The number of hydrogen-bond acceptors (Lipinski definition) is 2. The first kappa shape index (κ1) is 4.23. The third-order valence-electron chi connectivity index (χ3n) is 0.572.